The molecule has 0 aromatic carbocycles. The molecule has 0 spiro atoms. The maximum atomic E-state index is 12.1. The molecule has 21 heavy (non-hydrogen) atoms. The number of esters is 1. The largest absolute Gasteiger partial charge is 0.461 e. The highest BCUT2D eigenvalue weighted by molar-refractivity contribution is 5.78. The summed E-state index contributed by atoms with van der Waals surface area (Å²) < 4.78 is 16.7. The number of ether oxygens (including phenoxy) is 3. The highest BCUT2D eigenvalue weighted by Crippen LogP contribution is 2.26. The van der Waals surface area contributed by atoms with E-state index in [9.17, 15) is 9.90 Å². The van der Waals surface area contributed by atoms with Gasteiger partial charge in [-0.1, -0.05) is 0 Å². The smallest absolute Gasteiger partial charge is 0.337 e. The van der Waals surface area contributed by atoms with E-state index in [4.69, 9.17) is 14.2 Å². The van der Waals surface area contributed by atoms with Gasteiger partial charge < -0.3 is 19.3 Å². The molecule has 1 N–H and O–H groups in total. The summed E-state index contributed by atoms with van der Waals surface area (Å²) in [5.74, 6) is -0.387. The van der Waals surface area contributed by atoms with E-state index in [0.29, 0.717) is 6.42 Å². The summed E-state index contributed by atoms with van der Waals surface area (Å²) in [6.07, 6.45) is 2.76. The highest BCUT2D eigenvalue weighted by Gasteiger charge is 2.35. The third kappa shape index (κ3) is 6.76. The molecule has 1 aliphatic carbocycles. The predicted octanol–water partition coefficient (Wildman–Crippen LogP) is 2.44. The third-order valence-electron chi connectivity index (χ3n) is 3.50. The van der Waals surface area contributed by atoms with Crippen molar-refractivity contribution >= 4 is 5.97 Å². The zero-order valence-corrected chi connectivity index (χ0v) is 13.9. The summed E-state index contributed by atoms with van der Waals surface area (Å²) >= 11 is 0. The molecule has 0 saturated heterocycles. The molecule has 0 bridgehead atoms. The zero-order valence-electron chi connectivity index (χ0n) is 13.9. The van der Waals surface area contributed by atoms with E-state index < -0.39 is 5.60 Å². The van der Waals surface area contributed by atoms with Gasteiger partial charge in [-0.05, 0) is 60.3 Å². The molecule has 0 amide bonds. The van der Waals surface area contributed by atoms with E-state index in [1.807, 2.05) is 20.8 Å². The second-order valence-electron chi connectivity index (χ2n) is 6.66. The van der Waals surface area contributed by atoms with Crippen molar-refractivity contribution in [2.24, 2.45) is 0 Å². The standard InChI is InChI=1S/C16H30O5/c1-11(2)20-12(3)10-19-15(18)16(4,5)21-14-8-6-7-13(17)9-14/h11-14,17H,6-10H2,1-5H3. The molecule has 0 aromatic rings. The Kier molecular flexibility index (Phi) is 7.10. The van der Waals surface area contributed by atoms with Gasteiger partial charge in [-0.3, -0.25) is 0 Å². The average molecular weight is 302 g/mol. The van der Waals surface area contributed by atoms with Gasteiger partial charge in [0.2, 0.25) is 0 Å². The Morgan fingerprint density at radius 3 is 2.52 bits per heavy atom. The Labute approximate surface area is 128 Å². The predicted molar refractivity (Wildman–Crippen MR) is 80.1 cm³/mol. The number of aliphatic hydroxyl groups excluding tert-OH is 1. The van der Waals surface area contributed by atoms with E-state index >= 15 is 0 Å². The summed E-state index contributed by atoms with van der Waals surface area (Å²) in [5, 5.41) is 9.66. The minimum absolute atomic E-state index is 0.0827. The normalized spacial score (nSPS) is 24.9. The van der Waals surface area contributed by atoms with Gasteiger partial charge in [0.25, 0.3) is 0 Å². The molecule has 1 aliphatic rings. The fourth-order valence-electron chi connectivity index (χ4n) is 2.56. The maximum Gasteiger partial charge on any atom is 0.337 e. The lowest BCUT2D eigenvalue weighted by Gasteiger charge is -2.33. The summed E-state index contributed by atoms with van der Waals surface area (Å²) in [5.41, 5.74) is -1.00. The first kappa shape index (κ1) is 18.4. The van der Waals surface area contributed by atoms with Crippen LogP contribution in [0, 0.1) is 0 Å². The van der Waals surface area contributed by atoms with Crippen LogP contribution in [0.4, 0.5) is 0 Å². The van der Waals surface area contributed by atoms with Gasteiger partial charge in [0.15, 0.2) is 5.60 Å². The number of hydrogen-bond donors (Lipinski definition) is 1. The Bertz CT molecular complexity index is 327. The summed E-state index contributed by atoms with van der Waals surface area (Å²) in [7, 11) is 0. The number of hydrogen-bond acceptors (Lipinski definition) is 5. The first-order valence-corrected chi connectivity index (χ1v) is 7.89. The van der Waals surface area contributed by atoms with Crippen LogP contribution in [0.25, 0.3) is 0 Å². The lowest BCUT2D eigenvalue weighted by atomic mass is 9.94. The number of aliphatic hydroxyl groups is 1. The van der Waals surface area contributed by atoms with Crippen molar-refractivity contribution in [3.05, 3.63) is 0 Å². The van der Waals surface area contributed by atoms with Gasteiger partial charge in [-0.25, -0.2) is 4.79 Å². The topological polar surface area (TPSA) is 65.0 Å². The van der Waals surface area contributed by atoms with Crippen molar-refractivity contribution in [3.8, 4) is 0 Å². The Morgan fingerprint density at radius 1 is 1.29 bits per heavy atom. The highest BCUT2D eigenvalue weighted by atomic mass is 16.6. The van der Waals surface area contributed by atoms with Crippen LogP contribution in [0.2, 0.25) is 0 Å². The molecule has 124 valence electrons. The van der Waals surface area contributed by atoms with Crippen LogP contribution in [-0.2, 0) is 19.0 Å². The molecule has 3 atom stereocenters. The van der Waals surface area contributed by atoms with Crippen LogP contribution in [0.5, 0.6) is 0 Å². The van der Waals surface area contributed by atoms with E-state index in [2.05, 4.69) is 0 Å². The molecule has 0 heterocycles. The molecule has 0 aromatic heterocycles. The van der Waals surface area contributed by atoms with Crippen LogP contribution >= 0.6 is 0 Å². The van der Waals surface area contributed by atoms with Crippen LogP contribution in [-0.4, -0.2) is 47.7 Å². The van der Waals surface area contributed by atoms with Crippen LogP contribution in [0.3, 0.4) is 0 Å². The first-order chi connectivity index (χ1) is 9.70. The quantitative estimate of drug-likeness (QED) is 0.732. The van der Waals surface area contributed by atoms with Crippen LogP contribution in [0.1, 0.15) is 60.3 Å². The van der Waals surface area contributed by atoms with E-state index in [1.54, 1.807) is 13.8 Å². The Balaban J connectivity index is 2.39. The van der Waals surface area contributed by atoms with Gasteiger partial charge in [0.05, 0.1) is 24.4 Å². The van der Waals surface area contributed by atoms with Crippen molar-refractivity contribution in [3.63, 3.8) is 0 Å². The molecular formula is C16H30O5. The minimum Gasteiger partial charge on any atom is -0.461 e. The van der Waals surface area contributed by atoms with Crippen molar-refractivity contribution in [1.29, 1.82) is 0 Å². The van der Waals surface area contributed by atoms with Crippen molar-refractivity contribution in [2.45, 2.75) is 90.3 Å². The van der Waals surface area contributed by atoms with E-state index in [-0.39, 0.29) is 37.0 Å². The van der Waals surface area contributed by atoms with Gasteiger partial charge in [-0.2, -0.15) is 0 Å². The van der Waals surface area contributed by atoms with Crippen molar-refractivity contribution in [1.82, 2.24) is 0 Å². The zero-order chi connectivity index (χ0) is 16.0. The summed E-state index contributed by atoms with van der Waals surface area (Å²) in [4.78, 5) is 12.1. The molecule has 1 rings (SSSR count). The van der Waals surface area contributed by atoms with Gasteiger partial charge in [0, 0.05) is 0 Å². The Hall–Kier alpha value is -0.650. The maximum absolute atomic E-state index is 12.1. The average Bonchev–Trinajstić information content (AvgIpc) is 2.34. The molecular weight excluding hydrogens is 272 g/mol. The number of carbonyl (C=O) groups excluding carboxylic acids is 1. The van der Waals surface area contributed by atoms with Crippen LogP contribution < -0.4 is 0 Å². The fraction of sp³-hybridized carbons (Fsp3) is 0.938. The van der Waals surface area contributed by atoms with E-state index in [0.717, 1.165) is 19.3 Å². The summed E-state index contributed by atoms with van der Waals surface area (Å²) in [6.45, 7) is 9.41. The number of rotatable bonds is 7. The molecule has 0 aliphatic heterocycles. The monoisotopic (exact) mass is 302 g/mol. The van der Waals surface area contributed by atoms with Gasteiger partial charge in [0.1, 0.15) is 6.61 Å². The second kappa shape index (κ2) is 8.11. The second-order valence-corrected chi connectivity index (χ2v) is 6.66. The molecule has 3 unspecified atom stereocenters. The molecule has 1 fully saturated rings. The lowest BCUT2D eigenvalue weighted by molar-refractivity contribution is -0.182. The van der Waals surface area contributed by atoms with Crippen molar-refractivity contribution < 1.29 is 24.1 Å². The van der Waals surface area contributed by atoms with Gasteiger partial charge in [-0.15, -0.1) is 0 Å². The van der Waals surface area contributed by atoms with Crippen molar-refractivity contribution in [2.75, 3.05) is 6.61 Å². The molecule has 0 radical (unpaired) electrons. The van der Waals surface area contributed by atoms with Gasteiger partial charge >= 0.3 is 5.97 Å². The summed E-state index contributed by atoms with van der Waals surface area (Å²) in [6, 6.07) is 0. The molecule has 1 saturated carbocycles. The van der Waals surface area contributed by atoms with Crippen LogP contribution in [0.15, 0.2) is 0 Å². The fourth-order valence-corrected chi connectivity index (χ4v) is 2.56. The minimum atomic E-state index is -1.00. The Morgan fingerprint density at radius 2 is 1.95 bits per heavy atom. The lowest BCUT2D eigenvalue weighted by Crippen LogP contribution is -2.43. The van der Waals surface area contributed by atoms with E-state index in [1.165, 1.54) is 0 Å². The molecule has 5 heteroatoms. The first-order valence-electron chi connectivity index (χ1n) is 7.89. The number of carbonyl (C=O) groups is 1. The molecule has 5 nitrogen and oxygen atoms in total. The third-order valence-corrected chi connectivity index (χ3v) is 3.50. The SMILES string of the molecule is CC(C)OC(C)COC(=O)C(C)(C)OC1CCCC(O)C1.